The molecule has 1 unspecified atom stereocenters. The standard InChI is InChI=1S/C23H23BrF3NO2/c24-18-7-3-5-16-19(29)14-22(21(16)18)10-12-28(13-11-22)20(30)9-8-15-4-1-2-6-17(15)23(25,26)27/h1-7,19,29H,8-14H2. The molecule has 160 valence electrons. The molecular weight excluding hydrogens is 459 g/mol. The molecule has 7 heteroatoms. The zero-order chi connectivity index (χ0) is 21.5. The predicted molar refractivity (Wildman–Crippen MR) is 111 cm³/mol. The van der Waals surface area contributed by atoms with Gasteiger partial charge in [0.05, 0.1) is 11.7 Å². The van der Waals surface area contributed by atoms with Crippen molar-refractivity contribution >= 4 is 21.8 Å². The van der Waals surface area contributed by atoms with Crippen molar-refractivity contribution in [1.29, 1.82) is 0 Å². The van der Waals surface area contributed by atoms with E-state index in [1.54, 1.807) is 11.0 Å². The summed E-state index contributed by atoms with van der Waals surface area (Å²) in [5, 5.41) is 10.5. The lowest BCUT2D eigenvalue weighted by Crippen LogP contribution is -2.44. The fourth-order valence-electron chi connectivity index (χ4n) is 5.01. The Bertz CT molecular complexity index is 952. The summed E-state index contributed by atoms with van der Waals surface area (Å²) < 4.78 is 40.5. The molecule has 1 fully saturated rings. The maximum absolute atomic E-state index is 13.2. The molecule has 30 heavy (non-hydrogen) atoms. The highest BCUT2D eigenvalue weighted by Gasteiger charge is 2.46. The van der Waals surface area contributed by atoms with Crippen LogP contribution in [-0.4, -0.2) is 29.0 Å². The van der Waals surface area contributed by atoms with E-state index in [0.717, 1.165) is 34.5 Å². The Morgan fingerprint density at radius 1 is 1.13 bits per heavy atom. The molecule has 0 saturated carbocycles. The fourth-order valence-corrected chi connectivity index (χ4v) is 5.82. The molecule has 4 rings (SSSR count). The minimum Gasteiger partial charge on any atom is -0.388 e. The normalized spacial score (nSPS) is 20.4. The van der Waals surface area contributed by atoms with Gasteiger partial charge in [-0.05, 0) is 54.5 Å². The van der Waals surface area contributed by atoms with Crippen LogP contribution in [0.25, 0.3) is 0 Å². The van der Waals surface area contributed by atoms with Gasteiger partial charge in [0.2, 0.25) is 5.91 Å². The SMILES string of the molecule is O=C(CCc1ccccc1C(F)(F)F)N1CCC2(CC1)CC(O)c1cccc(Br)c12. The van der Waals surface area contributed by atoms with E-state index >= 15 is 0 Å². The summed E-state index contributed by atoms with van der Waals surface area (Å²) in [5.74, 6) is -0.118. The lowest BCUT2D eigenvalue weighted by molar-refractivity contribution is -0.139. The number of aliphatic hydroxyl groups is 1. The van der Waals surface area contributed by atoms with Crippen LogP contribution in [0.1, 0.15) is 54.0 Å². The van der Waals surface area contributed by atoms with Crippen LogP contribution in [0, 0.1) is 0 Å². The highest BCUT2D eigenvalue weighted by molar-refractivity contribution is 9.10. The molecule has 1 spiro atoms. The van der Waals surface area contributed by atoms with E-state index in [0.29, 0.717) is 19.5 Å². The molecule has 3 nitrogen and oxygen atoms in total. The highest BCUT2D eigenvalue weighted by atomic mass is 79.9. The molecule has 1 atom stereocenters. The number of rotatable bonds is 3. The third-order valence-electron chi connectivity index (χ3n) is 6.52. The van der Waals surface area contributed by atoms with E-state index in [4.69, 9.17) is 0 Å². The molecule has 0 aromatic heterocycles. The number of likely N-dealkylation sites (tertiary alicyclic amines) is 1. The zero-order valence-electron chi connectivity index (χ0n) is 16.4. The van der Waals surface area contributed by atoms with Gasteiger partial charge in [-0.2, -0.15) is 13.2 Å². The van der Waals surface area contributed by atoms with Crippen molar-refractivity contribution in [3.05, 3.63) is 69.2 Å². The van der Waals surface area contributed by atoms with Crippen molar-refractivity contribution in [2.24, 2.45) is 0 Å². The number of alkyl halides is 3. The second kappa shape index (κ2) is 8.00. The van der Waals surface area contributed by atoms with Crippen LogP contribution in [0.3, 0.4) is 0 Å². The van der Waals surface area contributed by atoms with Gasteiger partial charge < -0.3 is 10.0 Å². The third kappa shape index (κ3) is 3.89. The van der Waals surface area contributed by atoms with Crippen molar-refractivity contribution in [2.75, 3.05) is 13.1 Å². The molecular formula is C23H23BrF3NO2. The molecule has 2 aromatic carbocycles. The monoisotopic (exact) mass is 481 g/mol. The number of nitrogens with zero attached hydrogens (tertiary/aromatic N) is 1. The predicted octanol–water partition coefficient (Wildman–Crippen LogP) is 5.40. The van der Waals surface area contributed by atoms with Crippen LogP contribution in [0.5, 0.6) is 0 Å². The number of hydrogen-bond acceptors (Lipinski definition) is 2. The number of halogens is 4. The maximum Gasteiger partial charge on any atom is 0.416 e. The number of carbonyl (C=O) groups excluding carboxylic acids is 1. The van der Waals surface area contributed by atoms with Gasteiger partial charge in [0.1, 0.15) is 0 Å². The van der Waals surface area contributed by atoms with Crippen molar-refractivity contribution in [1.82, 2.24) is 4.90 Å². The minimum absolute atomic E-state index is 0.0585. The van der Waals surface area contributed by atoms with Crippen molar-refractivity contribution in [3.8, 4) is 0 Å². The average molecular weight is 482 g/mol. The topological polar surface area (TPSA) is 40.5 Å². The Labute approximate surface area is 182 Å². The number of piperidine rings is 1. The summed E-state index contributed by atoms with van der Waals surface area (Å²) >= 11 is 3.62. The summed E-state index contributed by atoms with van der Waals surface area (Å²) in [4.78, 5) is 14.5. The average Bonchev–Trinajstić information content (AvgIpc) is 2.99. The molecule has 1 aliphatic heterocycles. The Morgan fingerprint density at radius 3 is 2.53 bits per heavy atom. The highest BCUT2D eigenvalue weighted by Crippen LogP contribution is 2.53. The van der Waals surface area contributed by atoms with E-state index in [1.807, 2.05) is 18.2 Å². The van der Waals surface area contributed by atoms with Gasteiger partial charge >= 0.3 is 6.18 Å². The van der Waals surface area contributed by atoms with Crippen molar-refractivity contribution in [2.45, 2.75) is 49.8 Å². The molecule has 1 saturated heterocycles. The molecule has 1 amide bonds. The minimum atomic E-state index is -4.42. The van der Waals surface area contributed by atoms with E-state index in [-0.39, 0.29) is 29.7 Å². The number of benzene rings is 2. The lowest BCUT2D eigenvalue weighted by Gasteiger charge is -2.40. The van der Waals surface area contributed by atoms with Crippen LogP contribution in [0.2, 0.25) is 0 Å². The van der Waals surface area contributed by atoms with Gasteiger partial charge in [0.15, 0.2) is 0 Å². The van der Waals surface area contributed by atoms with Crippen molar-refractivity contribution < 1.29 is 23.1 Å². The Kier molecular flexibility index (Phi) is 5.70. The second-order valence-electron chi connectivity index (χ2n) is 8.24. The molecule has 0 radical (unpaired) electrons. The Hall–Kier alpha value is -1.86. The quantitative estimate of drug-likeness (QED) is 0.637. The summed E-state index contributed by atoms with van der Waals surface area (Å²) in [6.45, 7) is 1.10. The lowest BCUT2D eigenvalue weighted by atomic mass is 9.73. The number of aliphatic hydroxyl groups excluding tert-OH is 1. The van der Waals surface area contributed by atoms with E-state index in [2.05, 4.69) is 15.9 Å². The molecule has 0 bridgehead atoms. The first-order valence-corrected chi connectivity index (χ1v) is 10.9. The van der Waals surface area contributed by atoms with Crippen LogP contribution in [0.4, 0.5) is 13.2 Å². The van der Waals surface area contributed by atoms with Gasteiger partial charge in [-0.3, -0.25) is 4.79 Å². The number of carbonyl (C=O) groups is 1. The maximum atomic E-state index is 13.2. The molecule has 1 N–H and O–H groups in total. The largest absolute Gasteiger partial charge is 0.416 e. The van der Waals surface area contributed by atoms with Gasteiger partial charge in [0.25, 0.3) is 0 Å². The summed E-state index contributed by atoms with van der Waals surface area (Å²) in [7, 11) is 0. The van der Waals surface area contributed by atoms with Crippen LogP contribution < -0.4 is 0 Å². The summed E-state index contributed by atoms with van der Waals surface area (Å²) in [5.41, 5.74) is 1.42. The fraction of sp³-hybridized carbons (Fsp3) is 0.435. The van der Waals surface area contributed by atoms with Crippen LogP contribution >= 0.6 is 15.9 Å². The summed E-state index contributed by atoms with van der Waals surface area (Å²) in [6.07, 6.45) is -2.66. The second-order valence-corrected chi connectivity index (χ2v) is 9.09. The number of amides is 1. The first-order chi connectivity index (χ1) is 14.2. The smallest absolute Gasteiger partial charge is 0.388 e. The first-order valence-electron chi connectivity index (χ1n) is 10.1. The number of hydrogen-bond donors (Lipinski definition) is 1. The van der Waals surface area contributed by atoms with Gasteiger partial charge in [0, 0.05) is 29.4 Å². The van der Waals surface area contributed by atoms with Crippen LogP contribution in [-0.2, 0) is 22.8 Å². The van der Waals surface area contributed by atoms with Gasteiger partial charge in [-0.25, -0.2) is 0 Å². The van der Waals surface area contributed by atoms with Crippen LogP contribution in [0.15, 0.2) is 46.9 Å². The molecule has 2 aromatic rings. The Morgan fingerprint density at radius 2 is 1.83 bits per heavy atom. The first kappa shape index (κ1) is 21.4. The molecule has 1 aliphatic carbocycles. The van der Waals surface area contributed by atoms with E-state index in [9.17, 15) is 23.1 Å². The molecule has 2 aliphatic rings. The Balaban J connectivity index is 1.41. The zero-order valence-corrected chi connectivity index (χ0v) is 18.0. The van der Waals surface area contributed by atoms with E-state index < -0.39 is 17.8 Å². The van der Waals surface area contributed by atoms with Crippen molar-refractivity contribution in [3.63, 3.8) is 0 Å². The van der Waals surface area contributed by atoms with E-state index in [1.165, 1.54) is 12.1 Å². The van der Waals surface area contributed by atoms with Gasteiger partial charge in [-0.15, -0.1) is 0 Å². The molecule has 1 heterocycles. The third-order valence-corrected chi connectivity index (χ3v) is 7.18. The van der Waals surface area contributed by atoms with Gasteiger partial charge in [-0.1, -0.05) is 46.3 Å². The number of fused-ring (bicyclic) bond motifs is 2. The summed E-state index contributed by atoms with van der Waals surface area (Å²) in [6, 6.07) is 11.3. The number of aryl methyl sites for hydroxylation is 1.